The van der Waals surface area contributed by atoms with Gasteiger partial charge in [0.25, 0.3) is 0 Å². The molecular weight excluding hydrogens is 352 g/mol. The monoisotopic (exact) mass is 402 g/mol. The Balaban J connectivity index is 2.04. The summed E-state index contributed by atoms with van der Waals surface area (Å²) in [7, 11) is 0. The predicted molar refractivity (Wildman–Crippen MR) is 130 cm³/mol. The minimum atomic E-state index is 0.513. The maximum atomic E-state index is 5.16. The zero-order valence-corrected chi connectivity index (χ0v) is 20.8. The highest BCUT2D eigenvalue weighted by Gasteiger charge is 2.36. The molecule has 0 amide bonds. The first-order chi connectivity index (χ1) is 13.7. The summed E-state index contributed by atoms with van der Waals surface area (Å²) in [6, 6.07) is 1.03. The third-order valence-corrected chi connectivity index (χ3v) is 8.10. The lowest BCUT2D eigenvalue weighted by Crippen LogP contribution is -2.38. The third-order valence-electron chi connectivity index (χ3n) is 8.10. The van der Waals surface area contributed by atoms with Gasteiger partial charge in [0, 0.05) is 18.9 Å². The Kier molecular flexibility index (Phi) is 9.89. The molecule has 0 aromatic rings. The van der Waals surface area contributed by atoms with E-state index >= 15 is 0 Å². The van der Waals surface area contributed by atoms with Gasteiger partial charge in [0.2, 0.25) is 0 Å². The van der Waals surface area contributed by atoms with E-state index in [1.807, 2.05) is 0 Å². The van der Waals surface area contributed by atoms with E-state index in [9.17, 15) is 0 Å². The van der Waals surface area contributed by atoms with E-state index in [0.717, 1.165) is 53.8 Å². The summed E-state index contributed by atoms with van der Waals surface area (Å²) in [5, 5.41) is 0. The van der Waals surface area contributed by atoms with Gasteiger partial charge in [0.1, 0.15) is 0 Å². The van der Waals surface area contributed by atoms with Crippen molar-refractivity contribution in [1.82, 2.24) is 0 Å². The van der Waals surface area contributed by atoms with Crippen LogP contribution < -0.4 is 0 Å². The molecule has 4 atom stereocenters. The smallest absolute Gasteiger partial charge is 0.0557 e. The average Bonchev–Trinajstić information content (AvgIpc) is 2.66. The molecule has 0 aliphatic heterocycles. The molecule has 0 radical (unpaired) electrons. The van der Waals surface area contributed by atoms with Gasteiger partial charge in [-0.1, -0.05) is 68.2 Å². The first kappa shape index (κ1) is 24.6. The molecule has 2 heteroatoms. The summed E-state index contributed by atoms with van der Waals surface area (Å²) in [4.78, 5) is 10.3. The molecular formula is C27H50N2. The number of aliphatic imine (C=N–C) groups is 2. The standard InChI is InChI=1S/C27H50N2/c1-18(2)22-12-9-13-23(19(3)4)26(22)28-16-11-17-29-27-24(20(5)6)14-10-15-25(27)21(7)8/h16-27H,9-15H2,1-8H3. The van der Waals surface area contributed by atoms with Gasteiger partial charge in [-0.25, -0.2) is 0 Å². The summed E-state index contributed by atoms with van der Waals surface area (Å²) >= 11 is 0. The van der Waals surface area contributed by atoms with Crippen LogP contribution in [-0.2, 0) is 0 Å². The van der Waals surface area contributed by atoms with E-state index in [-0.39, 0.29) is 0 Å². The van der Waals surface area contributed by atoms with E-state index in [2.05, 4.69) is 67.8 Å². The second-order valence-corrected chi connectivity index (χ2v) is 11.4. The number of nitrogens with zero attached hydrogens (tertiary/aromatic N) is 2. The lowest BCUT2D eigenvalue weighted by molar-refractivity contribution is 0.142. The predicted octanol–water partition coefficient (Wildman–Crippen LogP) is 7.71. The Hall–Kier alpha value is -0.660. The minimum absolute atomic E-state index is 0.513. The van der Waals surface area contributed by atoms with Crippen LogP contribution in [0.15, 0.2) is 9.98 Å². The molecule has 2 aliphatic rings. The summed E-state index contributed by atoms with van der Waals surface area (Å²) in [6.45, 7) is 19.1. The van der Waals surface area contributed by atoms with Crippen molar-refractivity contribution in [1.29, 1.82) is 0 Å². The van der Waals surface area contributed by atoms with Crippen molar-refractivity contribution < 1.29 is 0 Å². The second kappa shape index (κ2) is 11.7. The molecule has 4 unspecified atom stereocenters. The van der Waals surface area contributed by atoms with Crippen molar-refractivity contribution in [2.75, 3.05) is 0 Å². The van der Waals surface area contributed by atoms with E-state index in [1.54, 1.807) is 0 Å². The van der Waals surface area contributed by atoms with Gasteiger partial charge in [-0.05, 0) is 73.0 Å². The number of hydrogen-bond acceptors (Lipinski definition) is 2. The Morgan fingerprint density at radius 2 is 0.828 bits per heavy atom. The fraction of sp³-hybridized carbons (Fsp3) is 0.926. The molecule has 0 aromatic heterocycles. The van der Waals surface area contributed by atoms with Gasteiger partial charge in [-0.15, -0.1) is 0 Å². The SMILES string of the molecule is CC(C)C1CCCC(C(C)C)C1N=CCC=NC1C(C(C)C)CCCC1C(C)C. The maximum absolute atomic E-state index is 5.16. The van der Waals surface area contributed by atoms with E-state index in [1.165, 1.54) is 38.5 Å². The molecule has 2 saturated carbocycles. The normalized spacial score (nSPS) is 34.5. The summed E-state index contributed by atoms with van der Waals surface area (Å²) in [5.41, 5.74) is 0. The van der Waals surface area contributed by atoms with Gasteiger partial charge >= 0.3 is 0 Å². The zero-order valence-electron chi connectivity index (χ0n) is 20.8. The Bertz CT molecular complexity index is 439. The van der Waals surface area contributed by atoms with Crippen molar-refractivity contribution >= 4 is 12.4 Å². The average molecular weight is 403 g/mol. The molecule has 168 valence electrons. The Labute approximate surface area is 182 Å². The zero-order chi connectivity index (χ0) is 21.6. The molecule has 0 N–H and O–H groups in total. The van der Waals surface area contributed by atoms with Crippen molar-refractivity contribution in [3.05, 3.63) is 0 Å². The van der Waals surface area contributed by atoms with Crippen molar-refractivity contribution in [3.63, 3.8) is 0 Å². The van der Waals surface area contributed by atoms with E-state index in [0.29, 0.717) is 12.1 Å². The fourth-order valence-electron chi connectivity index (χ4n) is 6.26. The lowest BCUT2D eigenvalue weighted by atomic mass is 9.69. The molecule has 0 bridgehead atoms. The minimum Gasteiger partial charge on any atom is -0.293 e. The molecule has 2 aliphatic carbocycles. The molecule has 29 heavy (non-hydrogen) atoms. The number of hydrogen-bond donors (Lipinski definition) is 0. The lowest BCUT2D eigenvalue weighted by Gasteiger charge is -2.40. The van der Waals surface area contributed by atoms with Gasteiger partial charge in [-0.3, -0.25) is 9.98 Å². The van der Waals surface area contributed by atoms with Crippen LogP contribution in [0.2, 0.25) is 0 Å². The summed E-state index contributed by atoms with van der Waals surface area (Å²) < 4.78 is 0. The highest BCUT2D eigenvalue weighted by molar-refractivity contribution is 5.79. The largest absolute Gasteiger partial charge is 0.293 e. The molecule has 0 spiro atoms. The van der Waals surface area contributed by atoms with E-state index in [4.69, 9.17) is 9.98 Å². The van der Waals surface area contributed by atoms with Crippen LogP contribution in [0.1, 0.15) is 100 Å². The molecule has 0 saturated heterocycles. The van der Waals surface area contributed by atoms with Crippen LogP contribution >= 0.6 is 0 Å². The molecule has 0 heterocycles. The second-order valence-electron chi connectivity index (χ2n) is 11.4. The molecule has 2 fully saturated rings. The summed E-state index contributed by atoms with van der Waals surface area (Å²) in [6.07, 6.45) is 13.5. The molecule has 2 rings (SSSR count). The van der Waals surface area contributed by atoms with Crippen molar-refractivity contribution in [2.24, 2.45) is 57.3 Å². The van der Waals surface area contributed by atoms with Crippen LogP contribution in [0, 0.1) is 47.3 Å². The van der Waals surface area contributed by atoms with Crippen LogP contribution in [0.3, 0.4) is 0 Å². The first-order valence-corrected chi connectivity index (χ1v) is 12.8. The maximum Gasteiger partial charge on any atom is 0.0557 e. The number of rotatable bonds is 8. The van der Waals surface area contributed by atoms with Gasteiger partial charge in [0.05, 0.1) is 12.1 Å². The molecule has 0 aromatic carbocycles. The fourth-order valence-corrected chi connectivity index (χ4v) is 6.26. The first-order valence-electron chi connectivity index (χ1n) is 12.8. The van der Waals surface area contributed by atoms with Crippen LogP contribution in [0.5, 0.6) is 0 Å². The van der Waals surface area contributed by atoms with Gasteiger partial charge in [0.15, 0.2) is 0 Å². The highest BCUT2D eigenvalue weighted by atomic mass is 14.8. The molecule has 2 nitrogen and oxygen atoms in total. The van der Waals surface area contributed by atoms with Crippen molar-refractivity contribution in [2.45, 2.75) is 112 Å². The topological polar surface area (TPSA) is 24.7 Å². The van der Waals surface area contributed by atoms with Crippen molar-refractivity contribution in [3.8, 4) is 0 Å². The van der Waals surface area contributed by atoms with Crippen LogP contribution in [0.25, 0.3) is 0 Å². The quantitative estimate of drug-likeness (QED) is 0.371. The van der Waals surface area contributed by atoms with E-state index < -0.39 is 0 Å². The highest BCUT2D eigenvalue weighted by Crippen LogP contribution is 2.40. The van der Waals surface area contributed by atoms with Crippen LogP contribution in [-0.4, -0.2) is 24.5 Å². The van der Waals surface area contributed by atoms with Crippen LogP contribution in [0.4, 0.5) is 0 Å². The Morgan fingerprint density at radius 3 is 1.07 bits per heavy atom. The summed E-state index contributed by atoms with van der Waals surface area (Å²) in [5.74, 6) is 5.91. The third kappa shape index (κ3) is 6.66. The van der Waals surface area contributed by atoms with Gasteiger partial charge in [-0.2, -0.15) is 0 Å². The Morgan fingerprint density at radius 1 is 0.552 bits per heavy atom. The van der Waals surface area contributed by atoms with Gasteiger partial charge < -0.3 is 0 Å².